The zero-order valence-electron chi connectivity index (χ0n) is 9.76. The zero-order valence-corrected chi connectivity index (χ0v) is 9.76. The Morgan fingerprint density at radius 3 is 2.71 bits per heavy atom. The van der Waals surface area contributed by atoms with Gasteiger partial charge in [0.1, 0.15) is 0 Å². The fraction of sp³-hybridized carbons (Fsp3) is 0.583. The minimum atomic E-state index is -0.471. The molecule has 1 aliphatic carbocycles. The van der Waals surface area contributed by atoms with Gasteiger partial charge < -0.3 is 10.5 Å². The maximum atomic E-state index is 11.7. The van der Waals surface area contributed by atoms with Crippen molar-refractivity contribution in [2.75, 3.05) is 12.3 Å². The summed E-state index contributed by atoms with van der Waals surface area (Å²) < 4.78 is 5.23. The molecule has 1 aromatic heterocycles. The van der Waals surface area contributed by atoms with Crippen LogP contribution < -0.4 is 5.73 Å². The summed E-state index contributed by atoms with van der Waals surface area (Å²) >= 11 is 0. The van der Waals surface area contributed by atoms with E-state index in [4.69, 9.17) is 10.5 Å². The lowest BCUT2D eigenvalue weighted by atomic mass is 9.90. The van der Waals surface area contributed by atoms with Gasteiger partial charge >= 0.3 is 5.97 Å². The molecule has 0 unspecified atom stereocenters. The number of rotatable bonds is 3. The van der Waals surface area contributed by atoms with Crippen molar-refractivity contribution in [2.24, 2.45) is 5.92 Å². The largest absolute Gasteiger partial charge is 0.461 e. The van der Waals surface area contributed by atoms with Crippen molar-refractivity contribution >= 4 is 11.8 Å². The second kappa shape index (κ2) is 5.61. The third kappa shape index (κ3) is 3.15. The predicted octanol–water partition coefficient (Wildman–Crippen LogP) is 1.80. The van der Waals surface area contributed by atoms with E-state index >= 15 is 0 Å². The molecule has 0 saturated heterocycles. The van der Waals surface area contributed by atoms with Crippen molar-refractivity contribution in [3.63, 3.8) is 0 Å². The van der Waals surface area contributed by atoms with E-state index in [1.54, 1.807) is 0 Å². The van der Waals surface area contributed by atoms with E-state index in [0.717, 1.165) is 12.8 Å². The Hall–Kier alpha value is -1.65. The SMILES string of the molecule is Nc1nccnc1C(=O)OCC1CCCCC1. The van der Waals surface area contributed by atoms with Crippen LogP contribution in [0, 0.1) is 5.92 Å². The summed E-state index contributed by atoms with van der Waals surface area (Å²) in [5.74, 6) is 0.146. The Morgan fingerprint density at radius 2 is 2.00 bits per heavy atom. The number of aromatic nitrogens is 2. The van der Waals surface area contributed by atoms with Gasteiger partial charge in [-0.25, -0.2) is 14.8 Å². The van der Waals surface area contributed by atoms with E-state index in [9.17, 15) is 4.79 Å². The predicted molar refractivity (Wildman–Crippen MR) is 63.3 cm³/mol. The van der Waals surface area contributed by atoms with Crippen molar-refractivity contribution in [3.8, 4) is 0 Å². The van der Waals surface area contributed by atoms with Crippen molar-refractivity contribution < 1.29 is 9.53 Å². The van der Waals surface area contributed by atoms with Crippen LogP contribution in [0.5, 0.6) is 0 Å². The lowest BCUT2D eigenvalue weighted by Crippen LogP contribution is -2.18. The highest BCUT2D eigenvalue weighted by Crippen LogP contribution is 2.24. The summed E-state index contributed by atoms with van der Waals surface area (Å²) in [5.41, 5.74) is 5.67. The molecule has 2 N–H and O–H groups in total. The summed E-state index contributed by atoms with van der Waals surface area (Å²) in [7, 11) is 0. The van der Waals surface area contributed by atoms with E-state index < -0.39 is 5.97 Å². The van der Waals surface area contributed by atoms with E-state index in [0.29, 0.717) is 12.5 Å². The number of nitrogens with two attached hydrogens (primary N) is 1. The Balaban J connectivity index is 1.87. The lowest BCUT2D eigenvalue weighted by Gasteiger charge is -2.20. The average Bonchev–Trinajstić information content (AvgIpc) is 2.38. The van der Waals surface area contributed by atoms with Crippen LogP contribution in [-0.4, -0.2) is 22.5 Å². The van der Waals surface area contributed by atoms with Crippen molar-refractivity contribution in [2.45, 2.75) is 32.1 Å². The first-order valence-corrected chi connectivity index (χ1v) is 6.01. The molecule has 0 aromatic carbocycles. The number of esters is 1. The summed E-state index contributed by atoms with van der Waals surface area (Å²) in [4.78, 5) is 19.4. The molecule has 0 amide bonds. The van der Waals surface area contributed by atoms with Crippen LogP contribution >= 0.6 is 0 Å². The number of nitrogen functional groups attached to an aromatic ring is 1. The van der Waals surface area contributed by atoms with E-state index in [1.807, 2.05) is 0 Å². The van der Waals surface area contributed by atoms with Gasteiger partial charge in [0.25, 0.3) is 0 Å². The van der Waals surface area contributed by atoms with Crippen LogP contribution in [0.15, 0.2) is 12.4 Å². The molecule has 2 rings (SSSR count). The molecule has 0 radical (unpaired) electrons. The van der Waals surface area contributed by atoms with Crippen molar-refractivity contribution in [1.82, 2.24) is 9.97 Å². The third-order valence-corrected chi connectivity index (χ3v) is 3.09. The fourth-order valence-corrected chi connectivity index (χ4v) is 2.12. The van der Waals surface area contributed by atoms with Gasteiger partial charge in [-0.3, -0.25) is 0 Å². The Labute approximate surface area is 100 Å². The number of carbonyl (C=O) groups excluding carboxylic acids is 1. The van der Waals surface area contributed by atoms with Crippen LogP contribution in [0.1, 0.15) is 42.6 Å². The summed E-state index contributed by atoms with van der Waals surface area (Å²) in [6.07, 6.45) is 8.93. The average molecular weight is 235 g/mol. The molecule has 0 spiro atoms. The Kier molecular flexibility index (Phi) is 3.90. The molecule has 0 aliphatic heterocycles. The second-order valence-electron chi connectivity index (χ2n) is 4.39. The number of anilines is 1. The number of hydrogen-bond acceptors (Lipinski definition) is 5. The van der Waals surface area contributed by atoms with Gasteiger partial charge in [0, 0.05) is 12.4 Å². The molecule has 1 saturated carbocycles. The van der Waals surface area contributed by atoms with Crippen LogP contribution in [0.3, 0.4) is 0 Å². The monoisotopic (exact) mass is 235 g/mol. The summed E-state index contributed by atoms with van der Waals surface area (Å²) in [5, 5.41) is 0. The highest BCUT2D eigenvalue weighted by molar-refractivity contribution is 5.91. The van der Waals surface area contributed by atoms with Gasteiger partial charge in [-0.2, -0.15) is 0 Å². The van der Waals surface area contributed by atoms with Gasteiger partial charge in [0.2, 0.25) is 0 Å². The van der Waals surface area contributed by atoms with E-state index in [-0.39, 0.29) is 11.5 Å². The Morgan fingerprint density at radius 1 is 1.29 bits per heavy atom. The molecule has 92 valence electrons. The van der Waals surface area contributed by atoms with Gasteiger partial charge in [0.05, 0.1) is 6.61 Å². The summed E-state index contributed by atoms with van der Waals surface area (Å²) in [6.45, 7) is 0.467. The van der Waals surface area contributed by atoms with Gasteiger partial charge in [0.15, 0.2) is 11.5 Å². The lowest BCUT2D eigenvalue weighted by molar-refractivity contribution is 0.0404. The summed E-state index contributed by atoms with van der Waals surface area (Å²) in [6, 6.07) is 0. The number of nitrogens with zero attached hydrogens (tertiary/aromatic N) is 2. The standard InChI is InChI=1S/C12H17N3O2/c13-11-10(14-6-7-15-11)12(16)17-8-9-4-2-1-3-5-9/h6-7,9H,1-5,8H2,(H2,13,15). The molecule has 5 nitrogen and oxygen atoms in total. The van der Waals surface area contributed by atoms with E-state index in [1.165, 1.54) is 31.7 Å². The normalized spacial score (nSPS) is 16.7. The van der Waals surface area contributed by atoms with Gasteiger partial charge in [-0.1, -0.05) is 19.3 Å². The minimum Gasteiger partial charge on any atom is -0.461 e. The van der Waals surface area contributed by atoms with Crippen LogP contribution in [0.4, 0.5) is 5.82 Å². The second-order valence-corrected chi connectivity index (χ2v) is 4.39. The molecule has 1 fully saturated rings. The topological polar surface area (TPSA) is 78.1 Å². The van der Waals surface area contributed by atoms with Gasteiger partial charge in [-0.05, 0) is 18.8 Å². The maximum absolute atomic E-state index is 11.7. The maximum Gasteiger partial charge on any atom is 0.360 e. The number of carbonyl (C=O) groups is 1. The molecule has 17 heavy (non-hydrogen) atoms. The van der Waals surface area contributed by atoms with Crippen LogP contribution in [0.2, 0.25) is 0 Å². The smallest absolute Gasteiger partial charge is 0.360 e. The highest BCUT2D eigenvalue weighted by atomic mass is 16.5. The molecule has 1 aliphatic rings. The molecule has 0 atom stereocenters. The number of ether oxygens (including phenoxy) is 1. The van der Waals surface area contributed by atoms with Crippen molar-refractivity contribution in [1.29, 1.82) is 0 Å². The molecule has 0 bridgehead atoms. The fourth-order valence-electron chi connectivity index (χ4n) is 2.12. The third-order valence-electron chi connectivity index (χ3n) is 3.09. The van der Waals surface area contributed by atoms with Crippen molar-refractivity contribution in [3.05, 3.63) is 18.1 Å². The molecule has 1 heterocycles. The highest BCUT2D eigenvalue weighted by Gasteiger charge is 2.18. The molecule has 1 aromatic rings. The minimum absolute atomic E-state index is 0.114. The van der Waals surface area contributed by atoms with Crippen LogP contribution in [-0.2, 0) is 4.74 Å². The molecule has 5 heteroatoms. The Bertz CT molecular complexity index is 389. The first-order chi connectivity index (χ1) is 8.27. The first kappa shape index (κ1) is 11.8. The van der Waals surface area contributed by atoms with Crippen LogP contribution in [0.25, 0.3) is 0 Å². The molecular formula is C12H17N3O2. The zero-order chi connectivity index (χ0) is 12.1. The van der Waals surface area contributed by atoms with E-state index in [2.05, 4.69) is 9.97 Å². The number of hydrogen-bond donors (Lipinski definition) is 1. The first-order valence-electron chi connectivity index (χ1n) is 6.01. The van der Waals surface area contributed by atoms with Gasteiger partial charge in [-0.15, -0.1) is 0 Å². The molecular weight excluding hydrogens is 218 g/mol. The quantitative estimate of drug-likeness (QED) is 0.808.